The van der Waals surface area contributed by atoms with Crippen LogP contribution in [0.1, 0.15) is 71.1 Å². The highest BCUT2D eigenvalue weighted by molar-refractivity contribution is 5.79. The Hall–Kier alpha value is -2.16. The Morgan fingerprint density at radius 1 is 0.871 bits per heavy atom. The monoisotopic (exact) mass is 422 g/mol. The molecule has 166 valence electrons. The van der Waals surface area contributed by atoms with Gasteiger partial charge in [-0.15, -0.1) is 0 Å². The number of carbonyl (C=O) groups excluding carboxylic acids is 1. The average Bonchev–Trinajstić information content (AvgIpc) is 2.81. The number of ether oxygens (including phenoxy) is 1. The standard InChI is InChI=1S/C28H35FO2/c1-2-5-20-8-10-21(11-9-20)22-12-14-24(15-13-22)28(30)31-27-7-4-3-6-26(27)23-16-18-25(29)19-17-23/h3-4,6-7,16-22,24H,2,5,8-15H2,1H3. The van der Waals surface area contributed by atoms with Crippen LogP contribution in [0, 0.1) is 29.5 Å². The Morgan fingerprint density at radius 2 is 1.48 bits per heavy atom. The molecule has 2 nitrogen and oxygen atoms in total. The molecule has 0 spiro atoms. The molecule has 2 fully saturated rings. The van der Waals surface area contributed by atoms with Gasteiger partial charge < -0.3 is 4.74 Å². The summed E-state index contributed by atoms with van der Waals surface area (Å²) < 4.78 is 19.1. The van der Waals surface area contributed by atoms with Gasteiger partial charge in [0.05, 0.1) is 5.92 Å². The lowest BCUT2D eigenvalue weighted by molar-refractivity contribution is -0.140. The number of esters is 1. The fraction of sp³-hybridized carbons (Fsp3) is 0.536. The van der Waals surface area contributed by atoms with E-state index in [0.717, 1.165) is 54.6 Å². The molecule has 2 aromatic rings. The topological polar surface area (TPSA) is 26.3 Å². The third-order valence-electron chi connectivity index (χ3n) is 7.61. The van der Waals surface area contributed by atoms with Gasteiger partial charge in [0.25, 0.3) is 0 Å². The van der Waals surface area contributed by atoms with Gasteiger partial charge in [0.2, 0.25) is 0 Å². The molecule has 2 aliphatic carbocycles. The van der Waals surface area contributed by atoms with E-state index in [9.17, 15) is 9.18 Å². The maximum atomic E-state index is 13.3. The summed E-state index contributed by atoms with van der Waals surface area (Å²) in [4.78, 5) is 12.9. The van der Waals surface area contributed by atoms with Crippen molar-refractivity contribution in [1.29, 1.82) is 0 Å². The molecule has 0 radical (unpaired) electrons. The molecule has 2 saturated carbocycles. The van der Waals surface area contributed by atoms with E-state index in [1.807, 2.05) is 24.3 Å². The highest BCUT2D eigenvalue weighted by Crippen LogP contribution is 2.42. The zero-order valence-electron chi connectivity index (χ0n) is 18.7. The fourth-order valence-electron chi connectivity index (χ4n) is 5.80. The second-order valence-corrected chi connectivity index (χ2v) is 9.61. The summed E-state index contributed by atoms with van der Waals surface area (Å²) in [5.74, 6) is 2.79. The molecule has 0 N–H and O–H groups in total. The van der Waals surface area contributed by atoms with Crippen molar-refractivity contribution in [3.8, 4) is 16.9 Å². The Morgan fingerprint density at radius 3 is 2.13 bits per heavy atom. The summed E-state index contributed by atoms with van der Waals surface area (Å²) in [5, 5.41) is 0. The van der Waals surface area contributed by atoms with Crippen LogP contribution in [0.4, 0.5) is 4.39 Å². The maximum absolute atomic E-state index is 13.3. The highest BCUT2D eigenvalue weighted by Gasteiger charge is 2.33. The van der Waals surface area contributed by atoms with Gasteiger partial charge in [0.15, 0.2) is 0 Å². The molecule has 0 atom stereocenters. The van der Waals surface area contributed by atoms with Crippen LogP contribution in [0.25, 0.3) is 11.1 Å². The fourth-order valence-corrected chi connectivity index (χ4v) is 5.80. The van der Waals surface area contributed by atoms with Gasteiger partial charge in [-0.2, -0.15) is 0 Å². The molecular formula is C28H35FO2. The van der Waals surface area contributed by atoms with Crippen LogP contribution in [0.3, 0.4) is 0 Å². The first-order valence-corrected chi connectivity index (χ1v) is 12.2. The van der Waals surface area contributed by atoms with Crippen LogP contribution in [0.15, 0.2) is 48.5 Å². The number of hydrogen-bond donors (Lipinski definition) is 0. The van der Waals surface area contributed by atoms with Crippen molar-refractivity contribution >= 4 is 5.97 Å². The normalized spacial score (nSPS) is 26.4. The number of rotatable bonds is 6. The number of carbonyl (C=O) groups is 1. The van der Waals surface area contributed by atoms with E-state index < -0.39 is 0 Å². The maximum Gasteiger partial charge on any atom is 0.314 e. The van der Waals surface area contributed by atoms with E-state index in [2.05, 4.69) is 6.92 Å². The highest BCUT2D eigenvalue weighted by atomic mass is 19.1. The summed E-state index contributed by atoms with van der Waals surface area (Å²) in [6.45, 7) is 2.30. The second kappa shape index (κ2) is 10.4. The molecule has 2 aliphatic rings. The Balaban J connectivity index is 1.32. The van der Waals surface area contributed by atoms with Crippen LogP contribution in [0.2, 0.25) is 0 Å². The van der Waals surface area contributed by atoms with Gasteiger partial charge in [-0.3, -0.25) is 4.79 Å². The van der Waals surface area contributed by atoms with Crippen molar-refractivity contribution in [2.45, 2.75) is 71.1 Å². The first-order valence-electron chi connectivity index (χ1n) is 12.2. The first-order chi connectivity index (χ1) is 15.1. The van der Waals surface area contributed by atoms with Gasteiger partial charge in [-0.25, -0.2) is 4.39 Å². The number of halogens is 1. The van der Waals surface area contributed by atoms with Gasteiger partial charge in [-0.1, -0.05) is 62.9 Å². The average molecular weight is 423 g/mol. The van der Waals surface area contributed by atoms with E-state index in [0.29, 0.717) is 5.75 Å². The molecule has 0 bridgehead atoms. The molecule has 3 heteroatoms. The van der Waals surface area contributed by atoms with Crippen molar-refractivity contribution in [3.63, 3.8) is 0 Å². The third kappa shape index (κ3) is 5.56. The Bertz CT molecular complexity index is 844. The lowest BCUT2D eigenvalue weighted by atomic mass is 9.69. The largest absolute Gasteiger partial charge is 0.426 e. The van der Waals surface area contributed by atoms with E-state index in [1.165, 1.54) is 50.7 Å². The molecule has 31 heavy (non-hydrogen) atoms. The smallest absolute Gasteiger partial charge is 0.314 e. The minimum atomic E-state index is -0.270. The minimum Gasteiger partial charge on any atom is -0.426 e. The van der Waals surface area contributed by atoms with Gasteiger partial charge in [0, 0.05) is 5.56 Å². The van der Waals surface area contributed by atoms with E-state index in [-0.39, 0.29) is 17.7 Å². The van der Waals surface area contributed by atoms with Crippen LogP contribution >= 0.6 is 0 Å². The minimum absolute atomic E-state index is 0.00560. The van der Waals surface area contributed by atoms with Crippen LogP contribution < -0.4 is 4.74 Å². The van der Waals surface area contributed by atoms with Gasteiger partial charge in [-0.05, 0) is 80.0 Å². The van der Waals surface area contributed by atoms with Crippen molar-refractivity contribution < 1.29 is 13.9 Å². The van der Waals surface area contributed by atoms with Gasteiger partial charge >= 0.3 is 5.97 Å². The first kappa shape index (κ1) is 22.0. The molecule has 4 rings (SSSR count). The molecule has 0 saturated heterocycles. The van der Waals surface area contributed by atoms with Crippen molar-refractivity contribution in [2.24, 2.45) is 23.7 Å². The summed E-state index contributed by atoms with van der Waals surface area (Å²) in [5.41, 5.74) is 1.68. The summed E-state index contributed by atoms with van der Waals surface area (Å²) in [7, 11) is 0. The molecule has 0 heterocycles. The lowest BCUT2D eigenvalue weighted by Crippen LogP contribution is -2.30. The molecule has 0 aliphatic heterocycles. The Labute approximate surface area is 186 Å². The third-order valence-corrected chi connectivity index (χ3v) is 7.61. The van der Waals surface area contributed by atoms with Crippen LogP contribution in [-0.2, 0) is 4.79 Å². The molecule has 2 aromatic carbocycles. The molecule has 0 unspecified atom stereocenters. The van der Waals surface area contributed by atoms with Crippen LogP contribution in [0.5, 0.6) is 5.75 Å². The van der Waals surface area contributed by atoms with Crippen molar-refractivity contribution in [2.75, 3.05) is 0 Å². The molecule has 0 aromatic heterocycles. The summed E-state index contributed by atoms with van der Waals surface area (Å²) in [6.07, 6.45) is 12.5. The predicted molar refractivity (Wildman–Crippen MR) is 123 cm³/mol. The van der Waals surface area contributed by atoms with Crippen molar-refractivity contribution in [1.82, 2.24) is 0 Å². The van der Waals surface area contributed by atoms with Crippen molar-refractivity contribution in [3.05, 3.63) is 54.3 Å². The lowest BCUT2D eigenvalue weighted by Gasteiger charge is -2.37. The summed E-state index contributed by atoms with van der Waals surface area (Å²) in [6, 6.07) is 13.9. The quantitative estimate of drug-likeness (QED) is 0.350. The SMILES string of the molecule is CCCC1CCC(C2CCC(C(=O)Oc3ccccc3-c3ccc(F)cc3)CC2)CC1. The zero-order chi connectivity index (χ0) is 21.6. The summed E-state index contributed by atoms with van der Waals surface area (Å²) >= 11 is 0. The number of hydrogen-bond acceptors (Lipinski definition) is 2. The molecular weight excluding hydrogens is 387 g/mol. The van der Waals surface area contributed by atoms with E-state index in [1.54, 1.807) is 12.1 Å². The van der Waals surface area contributed by atoms with E-state index >= 15 is 0 Å². The second-order valence-electron chi connectivity index (χ2n) is 9.61. The predicted octanol–water partition coefficient (Wildman–Crippen LogP) is 7.81. The van der Waals surface area contributed by atoms with E-state index in [4.69, 9.17) is 4.74 Å². The van der Waals surface area contributed by atoms with Crippen LogP contribution in [-0.4, -0.2) is 5.97 Å². The Kier molecular flexibility index (Phi) is 7.42. The number of para-hydroxylation sites is 1. The number of benzene rings is 2. The zero-order valence-corrected chi connectivity index (χ0v) is 18.7. The molecule has 0 amide bonds. The van der Waals surface area contributed by atoms with Gasteiger partial charge in [0.1, 0.15) is 11.6 Å².